The molecule has 1 aliphatic rings. The first-order chi connectivity index (χ1) is 8.79. The molecule has 18 heavy (non-hydrogen) atoms. The Morgan fingerprint density at radius 2 is 1.61 bits per heavy atom. The fourth-order valence-electron chi connectivity index (χ4n) is 2.42. The molecule has 3 heteroatoms. The maximum atomic E-state index is 12.1. The van der Waals surface area contributed by atoms with Gasteiger partial charge < -0.3 is 4.74 Å². The normalized spacial score (nSPS) is 23.9. The van der Waals surface area contributed by atoms with E-state index in [1.807, 2.05) is 12.9 Å². The summed E-state index contributed by atoms with van der Waals surface area (Å²) in [6, 6.07) is 0. The summed E-state index contributed by atoms with van der Waals surface area (Å²) in [6.07, 6.45) is 8.31. The average Bonchev–Trinajstić information content (AvgIpc) is 2.37. The van der Waals surface area contributed by atoms with Crippen LogP contribution in [0.3, 0.4) is 0 Å². The van der Waals surface area contributed by atoms with Crippen LogP contribution < -0.4 is 0 Å². The van der Waals surface area contributed by atoms with Crippen LogP contribution in [-0.4, -0.2) is 24.4 Å². The molecule has 3 nitrogen and oxygen atoms in total. The van der Waals surface area contributed by atoms with Gasteiger partial charge in [0.25, 0.3) is 0 Å². The Balaban J connectivity index is 2.69. The quantitative estimate of drug-likeness (QED) is 0.709. The molecule has 0 aliphatic heterocycles. The van der Waals surface area contributed by atoms with Gasteiger partial charge in [-0.2, -0.15) is 0 Å². The van der Waals surface area contributed by atoms with Crippen LogP contribution >= 0.6 is 0 Å². The summed E-state index contributed by atoms with van der Waals surface area (Å²) in [6.45, 7) is 2.31. The minimum atomic E-state index is -0.632. The molecule has 0 saturated heterocycles. The van der Waals surface area contributed by atoms with Crippen LogP contribution in [0.1, 0.15) is 64.7 Å². The van der Waals surface area contributed by atoms with Crippen LogP contribution in [0.15, 0.2) is 5.57 Å². The van der Waals surface area contributed by atoms with Gasteiger partial charge >= 0.3 is 0 Å². The number of Topliss-reactive ketones (excluding diaryl/α,β-unsaturated/α-hetero) is 1. The van der Waals surface area contributed by atoms with E-state index in [0.717, 1.165) is 25.7 Å². The third-order valence-corrected chi connectivity index (χ3v) is 3.44. The van der Waals surface area contributed by atoms with E-state index < -0.39 is 6.10 Å². The SMILES string of the molecule is CCOC1C(=O)CCCCCCCCCC1=C=O. The van der Waals surface area contributed by atoms with E-state index in [4.69, 9.17) is 4.74 Å². The molecular weight excluding hydrogens is 228 g/mol. The summed E-state index contributed by atoms with van der Waals surface area (Å²) in [5.41, 5.74) is 0.516. The van der Waals surface area contributed by atoms with Crippen molar-refractivity contribution in [1.29, 1.82) is 0 Å². The Morgan fingerprint density at radius 1 is 1.06 bits per heavy atom. The van der Waals surface area contributed by atoms with Crippen LogP contribution in [0, 0.1) is 0 Å². The molecule has 0 aromatic heterocycles. The van der Waals surface area contributed by atoms with Gasteiger partial charge in [-0.3, -0.25) is 4.79 Å². The van der Waals surface area contributed by atoms with E-state index in [9.17, 15) is 9.59 Å². The van der Waals surface area contributed by atoms with Gasteiger partial charge in [-0.1, -0.05) is 32.1 Å². The summed E-state index contributed by atoms with van der Waals surface area (Å²) in [4.78, 5) is 23.1. The van der Waals surface area contributed by atoms with Gasteiger partial charge in [0, 0.05) is 18.6 Å². The van der Waals surface area contributed by atoms with Gasteiger partial charge in [0.1, 0.15) is 12.0 Å². The van der Waals surface area contributed by atoms with E-state index >= 15 is 0 Å². The Hall–Kier alpha value is -0.920. The summed E-state index contributed by atoms with van der Waals surface area (Å²) in [7, 11) is 0. The minimum Gasteiger partial charge on any atom is -0.366 e. The van der Waals surface area contributed by atoms with E-state index in [-0.39, 0.29) is 5.78 Å². The second kappa shape index (κ2) is 9.07. The van der Waals surface area contributed by atoms with Crippen LogP contribution in [0.25, 0.3) is 0 Å². The second-order valence-electron chi connectivity index (χ2n) is 4.90. The van der Waals surface area contributed by atoms with Gasteiger partial charge in [-0.15, -0.1) is 0 Å². The predicted molar refractivity (Wildman–Crippen MR) is 71.2 cm³/mol. The molecule has 1 rings (SSSR count). The van der Waals surface area contributed by atoms with Crippen molar-refractivity contribution in [3.05, 3.63) is 5.57 Å². The smallest absolute Gasteiger partial charge is 0.166 e. The maximum Gasteiger partial charge on any atom is 0.166 e. The molecule has 0 bridgehead atoms. The average molecular weight is 252 g/mol. The van der Waals surface area contributed by atoms with E-state index in [0.29, 0.717) is 25.0 Å². The van der Waals surface area contributed by atoms with Crippen molar-refractivity contribution in [2.24, 2.45) is 0 Å². The first-order valence-corrected chi connectivity index (χ1v) is 7.17. The maximum absolute atomic E-state index is 12.1. The molecule has 0 aromatic carbocycles. The van der Waals surface area contributed by atoms with Crippen molar-refractivity contribution in [3.8, 4) is 0 Å². The highest BCUT2D eigenvalue weighted by Crippen LogP contribution is 2.19. The fourth-order valence-corrected chi connectivity index (χ4v) is 2.42. The standard InChI is InChI=1S/C15H24O3/c1-2-18-15-13(12-16)10-8-6-4-3-5-7-9-11-14(15)17/h15H,2-11H2,1H3. The summed E-state index contributed by atoms with van der Waals surface area (Å²) < 4.78 is 5.45. The Bertz CT molecular complexity index is 303. The first kappa shape index (κ1) is 15.1. The van der Waals surface area contributed by atoms with E-state index in [1.165, 1.54) is 19.3 Å². The molecule has 0 heterocycles. The third kappa shape index (κ3) is 5.16. The Labute approximate surface area is 110 Å². The zero-order valence-electron chi connectivity index (χ0n) is 11.4. The van der Waals surface area contributed by atoms with Gasteiger partial charge in [0.2, 0.25) is 0 Å². The van der Waals surface area contributed by atoms with Crippen LogP contribution in [0.5, 0.6) is 0 Å². The van der Waals surface area contributed by atoms with Gasteiger partial charge in [0.15, 0.2) is 5.78 Å². The molecule has 0 spiro atoms. The lowest BCUT2D eigenvalue weighted by Crippen LogP contribution is -2.27. The molecule has 1 atom stereocenters. The largest absolute Gasteiger partial charge is 0.366 e. The summed E-state index contributed by atoms with van der Waals surface area (Å²) >= 11 is 0. The lowest BCUT2D eigenvalue weighted by Gasteiger charge is -2.17. The molecule has 0 radical (unpaired) electrons. The van der Waals surface area contributed by atoms with Gasteiger partial charge in [-0.25, -0.2) is 4.79 Å². The molecule has 0 amide bonds. The summed E-state index contributed by atoms with van der Waals surface area (Å²) in [5.74, 6) is 1.99. The van der Waals surface area contributed by atoms with Crippen LogP contribution in [0.2, 0.25) is 0 Å². The Kier molecular flexibility index (Phi) is 7.63. The number of carbonyl (C=O) groups is 1. The molecule has 102 valence electrons. The van der Waals surface area contributed by atoms with E-state index in [2.05, 4.69) is 0 Å². The molecule has 1 unspecified atom stereocenters. The third-order valence-electron chi connectivity index (χ3n) is 3.44. The Morgan fingerprint density at radius 3 is 2.17 bits per heavy atom. The number of hydrogen-bond donors (Lipinski definition) is 0. The molecule has 1 saturated carbocycles. The minimum absolute atomic E-state index is 0.0516. The van der Waals surface area contributed by atoms with Gasteiger partial charge in [0.05, 0.1) is 0 Å². The van der Waals surface area contributed by atoms with Crippen molar-refractivity contribution in [2.45, 2.75) is 70.8 Å². The molecule has 1 fully saturated rings. The van der Waals surface area contributed by atoms with Crippen LogP contribution in [-0.2, 0) is 14.3 Å². The molecular formula is C15H24O3. The second-order valence-corrected chi connectivity index (χ2v) is 4.90. The zero-order chi connectivity index (χ0) is 13.2. The fraction of sp³-hybridized carbons (Fsp3) is 0.800. The monoisotopic (exact) mass is 252 g/mol. The lowest BCUT2D eigenvalue weighted by molar-refractivity contribution is -0.128. The van der Waals surface area contributed by atoms with Crippen molar-refractivity contribution in [2.75, 3.05) is 6.61 Å². The molecule has 0 N–H and O–H groups in total. The lowest BCUT2D eigenvalue weighted by atomic mass is 9.95. The topological polar surface area (TPSA) is 43.4 Å². The van der Waals surface area contributed by atoms with Crippen LogP contribution in [0.4, 0.5) is 0 Å². The number of rotatable bonds is 2. The first-order valence-electron chi connectivity index (χ1n) is 7.17. The number of carbonyl (C=O) groups excluding carboxylic acids is 2. The highest BCUT2D eigenvalue weighted by atomic mass is 16.5. The number of ketones is 1. The number of hydrogen-bond acceptors (Lipinski definition) is 3. The highest BCUT2D eigenvalue weighted by Gasteiger charge is 2.23. The highest BCUT2D eigenvalue weighted by molar-refractivity contribution is 5.88. The van der Waals surface area contributed by atoms with Crippen molar-refractivity contribution in [1.82, 2.24) is 0 Å². The molecule has 0 aromatic rings. The van der Waals surface area contributed by atoms with Crippen molar-refractivity contribution in [3.63, 3.8) is 0 Å². The zero-order valence-corrected chi connectivity index (χ0v) is 11.4. The predicted octanol–water partition coefficient (Wildman–Crippen LogP) is 3.24. The van der Waals surface area contributed by atoms with Crippen molar-refractivity contribution < 1.29 is 14.3 Å². The van der Waals surface area contributed by atoms with Gasteiger partial charge in [-0.05, 0) is 26.2 Å². The van der Waals surface area contributed by atoms with E-state index in [1.54, 1.807) is 0 Å². The molecule has 1 aliphatic carbocycles. The summed E-state index contributed by atoms with van der Waals surface area (Å²) in [5, 5.41) is 0. The van der Waals surface area contributed by atoms with Crippen molar-refractivity contribution >= 4 is 11.7 Å². The number of ether oxygens (including phenoxy) is 1.